The topological polar surface area (TPSA) is 34.1 Å². The quantitative estimate of drug-likeness (QED) is 0.493. The van der Waals surface area contributed by atoms with Crippen LogP contribution in [0.15, 0.2) is 12.2 Å². The largest absolute Gasteiger partial charge is 0.236 e. The molecule has 0 aliphatic heterocycles. The molecule has 0 aromatic heterocycles. The Morgan fingerprint density at radius 1 is 1.60 bits per heavy atom. The predicted octanol–water partition coefficient (Wildman–Crippen LogP) is 1.77. The molecule has 0 atom stereocenters. The lowest BCUT2D eigenvalue weighted by Crippen LogP contribution is -2.04. The summed E-state index contributed by atoms with van der Waals surface area (Å²) in [5, 5.41) is 0. The third-order valence-corrected chi connectivity index (χ3v) is 2.22. The van der Waals surface area contributed by atoms with Crippen LogP contribution < -0.4 is 0 Å². The van der Waals surface area contributed by atoms with Crippen LogP contribution in [0.1, 0.15) is 13.8 Å². The van der Waals surface area contributed by atoms with Crippen molar-refractivity contribution in [1.82, 2.24) is 0 Å². The van der Waals surface area contributed by atoms with Crippen LogP contribution in [0.25, 0.3) is 0 Å². The molecule has 0 bridgehead atoms. The van der Waals surface area contributed by atoms with E-state index in [0.717, 1.165) is 0 Å². The minimum Gasteiger partial charge on any atom is -0.212 e. The monoisotopic (exact) mass is 182 g/mol. The van der Waals surface area contributed by atoms with Gasteiger partial charge in [0, 0.05) is 10.7 Å². The Morgan fingerprint density at radius 2 is 2.00 bits per heavy atom. The van der Waals surface area contributed by atoms with Gasteiger partial charge in [-0.3, -0.25) is 0 Å². The molecule has 0 saturated carbocycles. The van der Waals surface area contributed by atoms with Gasteiger partial charge in [0.05, 0.1) is 5.75 Å². The number of hydrogen-bond acceptors (Lipinski definition) is 2. The minimum absolute atomic E-state index is 0.119. The Labute approximate surface area is 66.3 Å². The van der Waals surface area contributed by atoms with E-state index in [-0.39, 0.29) is 11.7 Å². The van der Waals surface area contributed by atoms with Gasteiger partial charge in [-0.1, -0.05) is 26.0 Å². The first kappa shape index (κ1) is 9.98. The van der Waals surface area contributed by atoms with Gasteiger partial charge in [-0.05, 0) is 5.92 Å². The van der Waals surface area contributed by atoms with Crippen LogP contribution in [0.4, 0.5) is 0 Å². The zero-order chi connectivity index (χ0) is 8.36. The smallest absolute Gasteiger partial charge is 0.212 e. The molecule has 0 aliphatic carbocycles. The van der Waals surface area contributed by atoms with Gasteiger partial charge in [0.2, 0.25) is 9.05 Å². The van der Waals surface area contributed by atoms with Crippen LogP contribution in [0, 0.1) is 5.92 Å². The number of rotatable bonds is 3. The first-order valence-corrected chi connectivity index (χ1v) is 5.41. The highest BCUT2D eigenvalue weighted by Gasteiger charge is 2.09. The Bertz CT molecular complexity index is 216. The summed E-state index contributed by atoms with van der Waals surface area (Å²) in [6, 6.07) is 0. The van der Waals surface area contributed by atoms with E-state index in [2.05, 4.69) is 6.58 Å². The zero-order valence-electron chi connectivity index (χ0n) is 6.09. The third kappa shape index (κ3) is 4.82. The fourth-order valence-corrected chi connectivity index (χ4v) is 1.58. The maximum atomic E-state index is 10.5. The molecular weight excluding hydrogens is 172 g/mol. The summed E-state index contributed by atoms with van der Waals surface area (Å²) in [6.45, 7) is 7.33. The van der Waals surface area contributed by atoms with Gasteiger partial charge < -0.3 is 0 Å². The molecule has 0 saturated heterocycles. The normalized spacial score (nSPS) is 12.0. The molecule has 0 N–H and O–H groups in total. The SMILES string of the molecule is C=C(CS(=O)(=O)Cl)C(C)C. The van der Waals surface area contributed by atoms with E-state index in [9.17, 15) is 8.42 Å². The Balaban J connectivity index is 4.07. The van der Waals surface area contributed by atoms with Crippen molar-refractivity contribution in [3.8, 4) is 0 Å². The molecule has 0 fully saturated rings. The highest BCUT2D eigenvalue weighted by molar-refractivity contribution is 8.13. The molecular formula is C6H11ClO2S. The van der Waals surface area contributed by atoms with Crippen molar-refractivity contribution >= 4 is 19.7 Å². The van der Waals surface area contributed by atoms with Crippen LogP contribution >= 0.6 is 10.7 Å². The number of halogens is 1. The summed E-state index contributed by atoms with van der Waals surface area (Å²) < 4.78 is 20.9. The molecule has 2 nitrogen and oxygen atoms in total. The molecule has 0 spiro atoms. The van der Waals surface area contributed by atoms with Gasteiger partial charge in [-0.15, -0.1) is 0 Å². The molecule has 0 radical (unpaired) electrons. The van der Waals surface area contributed by atoms with E-state index < -0.39 is 9.05 Å². The second kappa shape index (κ2) is 3.39. The van der Waals surface area contributed by atoms with E-state index in [4.69, 9.17) is 10.7 Å². The fourth-order valence-electron chi connectivity index (χ4n) is 0.388. The highest BCUT2D eigenvalue weighted by Crippen LogP contribution is 2.11. The summed E-state index contributed by atoms with van der Waals surface area (Å²) in [4.78, 5) is 0. The van der Waals surface area contributed by atoms with Crippen molar-refractivity contribution in [3.63, 3.8) is 0 Å². The summed E-state index contributed by atoms with van der Waals surface area (Å²) in [5.41, 5.74) is 0.648. The van der Waals surface area contributed by atoms with Crippen LogP contribution in [0.5, 0.6) is 0 Å². The van der Waals surface area contributed by atoms with Gasteiger partial charge in [-0.25, -0.2) is 8.42 Å². The van der Waals surface area contributed by atoms with E-state index in [1.165, 1.54) is 0 Å². The van der Waals surface area contributed by atoms with E-state index in [1.54, 1.807) is 0 Å². The molecule has 0 aliphatic rings. The van der Waals surface area contributed by atoms with Crippen molar-refractivity contribution in [3.05, 3.63) is 12.2 Å². The second-order valence-corrected chi connectivity index (χ2v) is 5.27. The number of hydrogen-bond donors (Lipinski definition) is 0. The minimum atomic E-state index is -3.40. The van der Waals surface area contributed by atoms with Gasteiger partial charge >= 0.3 is 0 Å². The Hall–Kier alpha value is -0.0200. The molecule has 4 heteroatoms. The van der Waals surface area contributed by atoms with Crippen molar-refractivity contribution in [2.75, 3.05) is 5.75 Å². The Kier molecular flexibility index (Phi) is 3.39. The summed E-state index contributed by atoms with van der Waals surface area (Å²) in [6.07, 6.45) is 0. The first-order valence-electron chi connectivity index (χ1n) is 2.93. The molecule has 0 rings (SSSR count). The standard InChI is InChI=1S/C6H11ClO2S/c1-5(2)6(3)4-10(7,8)9/h5H,3-4H2,1-2H3. The lowest BCUT2D eigenvalue weighted by atomic mass is 10.1. The van der Waals surface area contributed by atoms with Gasteiger partial charge in [-0.2, -0.15) is 0 Å². The second-order valence-electron chi connectivity index (χ2n) is 2.50. The lowest BCUT2D eigenvalue weighted by Gasteiger charge is -2.05. The maximum Gasteiger partial charge on any atom is 0.236 e. The van der Waals surface area contributed by atoms with Crippen LogP contribution in [0.2, 0.25) is 0 Å². The summed E-state index contributed by atoms with van der Waals surface area (Å²) in [7, 11) is 1.59. The maximum absolute atomic E-state index is 10.5. The first-order chi connectivity index (χ1) is 4.33. The summed E-state index contributed by atoms with van der Waals surface area (Å²) >= 11 is 0. The van der Waals surface area contributed by atoms with Crippen molar-refractivity contribution in [2.24, 2.45) is 5.92 Å². The molecule has 0 unspecified atom stereocenters. The molecule has 0 heterocycles. The van der Waals surface area contributed by atoms with Crippen molar-refractivity contribution < 1.29 is 8.42 Å². The van der Waals surface area contributed by atoms with Crippen LogP contribution in [-0.2, 0) is 9.05 Å². The fraction of sp³-hybridized carbons (Fsp3) is 0.667. The van der Waals surface area contributed by atoms with Crippen molar-refractivity contribution in [1.29, 1.82) is 0 Å². The average molecular weight is 183 g/mol. The van der Waals surface area contributed by atoms with Gasteiger partial charge in [0.25, 0.3) is 0 Å². The molecule has 0 aromatic rings. The lowest BCUT2D eigenvalue weighted by molar-refractivity contribution is 0.608. The molecule has 10 heavy (non-hydrogen) atoms. The average Bonchev–Trinajstić information content (AvgIpc) is 1.60. The van der Waals surface area contributed by atoms with E-state index >= 15 is 0 Å². The molecule has 0 amide bonds. The predicted molar refractivity (Wildman–Crippen MR) is 43.6 cm³/mol. The van der Waals surface area contributed by atoms with E-state index in [0.29, 0.717) is 5.57 Å². The summed E-state index contributed by atoms with van der Waals surface area (Å²) in [5.74, 6) is 0.0557. The van der Waals surface area contributed by atoms with Crippen LogP contribution in [0.3, 0.4) is 0 Å². The van der Waals surface area contributed by atoms with Gasteiger partial charge in [0.1, 0.15) is 0 Å². The van der Waals surface area contributed by atoms with Crippen molar-refractivity contribution in [2.45, 2.75) is 13.8 Å². The molecule has 60 valence electrons. The Morgan fingerprint density at radius 3 is 2.10 bits per heavy atom. The third-order valence-electron chi connectivity index (χ3n) is 1.17. The molecule has 0 aromatic carbocycles. The van der Waals surface area contributed by atoms with Crippen LogP contribution in [-0.4, -0.2) is 14.2 Å². The highest BCUT2D eigenvalue weighted by atomic mass is 35.7. The van der Waals surface area contributed by atoms with E-state index in [1.807, 2.05) is 13.8 Å². The zero-order valence-corrected chi connectivity index (χ0v) is 7.67. The van der Waals surface area contributed by atoms with Gasteiger partial charge in [0.15, 0.2) is 0 Å².